The average molecular weight is 446 g/mol. The summed E-state index contributed by atoms with van der Waals surface area (Å²) in [6.45, 7) is 0. The molecule has 116 valence electrons. The molecule has 0 bridgehead atoms. The zero-order valence-corrected chi connectivity index (χ0v) is 14.2. The lowest BCUT2D eigenvalue weighted by molar-refractivity contribution is 0.590. The number of hydrogen-bond donors (Lipinski definition) is 2. The van der Waals surface area contributed by atoms with Crippen molar-refractivity contribution in [3.05, 3.63) is 47.2 Å². The molecule has 0 fully saturated rings. The Balaban J connectivity index is 1.84. The van der Waals surface area contributed by atoms with Gasteiger partial charge in [-0.3, -0.25) is 0 Å². The molecule has 3 aromatic heterocycles. The highest BCUT2D eigenvalue weighted by molar-refractivity contribution is 14.1. The van der Waals surface area contributed by atoms with Crippen molar-refractivity contribution < 1.29 is 8.78 Å². The van der Waals surface area contributed by atoms with Crippen LogP contribution in [0.3, 0.4) is 0 Å². The zero-order chi connectivity index (χ0) is 16.1. The van der Waals surface area contributed by atoms with Gasteiger partial charge in [0.2, 0.25) is 5.95 Å². The lowest BCUT2D eigenvalue weighted by atomic mass is 10.3. The normalized spacial score (nSPS) is 11.5. The molecule has 0 amide bonds. The van der Waals surface area contributed by atoms with Gasteiger partial charge in [0.15, 0.2) is 5.82 Å². The van der Waals surface area contributed by atoms with Crippen molar-refractivity contribution in [2.45, 2.75) is 0 Å². The van der Waals surface area contributed by atoms with Gasteiger partial charge in [0.25, 0.3) is 0 Å². The molecule has 23 heavy (non-hydrogen) atoms. The highest BCUT2D eigenvalue weighted by Crippen LogP contribution is 2.30. The van der Waals surface area contributed by atoms with Crippen molar-refractivity contribution in [3.63, 3.8) is 0 Å². The summed E-state index contributed by atoms with van der Waals surface area (Å²) in [7, 11) is 0. The molecular formula is C14H7ClF2IN5. The van der Waals surface area contributed by atoms with Crippen LogP contribution in [0, 0.1) is 11.6 Å². The van der Waals surface area contributed by atoms with Gasteiger partial charge in [-0.2, -0.15) is 0 Å². The minimum absolute atomic E-state index is 0.0918. The van der Waals surface area contributed by atoms with Crippen LogP contribution < -0.4 is 5.32 Å². The van der Waals surface area contributed by atoms with Gasteiger partial charge in [-0.15, -0.1) is 0 Å². The number of anilines is 2. The molecule has 0 saturated carbocycles. The summed E-state index contributed by atoms with van der Waals surface area (Å²) >= 11 is 7.84. The topological polar surface area (TPSA) is 58.5 Å². The molecule has 4 aromatic rings. The molecule has 0 unspecified atom stereocenters. The van der Waals surface area contributed by atoms with E-state index in [4.69, 9.17) is 11.6 Å². The molecule has 5 nitrogen and oxygen atoms in total. The van der Waals surface area contributed by atoms with Gasteiger partial charge in [-0.1, -0.05) is 11.6 Å². The van der Waals surface area contributed by atoms with Gasteiger partial charge < -0.3 is 10.3 Å². The molecule has 1 aromatic carbocycles. The second-order valence-electron chi connectivity index (χ2n) is 4.83. The highest BCUT2D eigenvalue weighted by atomic mass is 127. The predicted octanol–water partition coefficient (Wildman–Crippen LogP) is 4.79. The molecule has 0 aliphatic rings. The van der Waals surface area contributed by atoms with Crippen molar-refractivity contribution in [2.75, 3.05) is 5.32 Å². The Morgan fingerprint density at radius 1 is 1.17 bits per heavy atom. The minimum Gasteiger partial charge on any atom is -0.358 e. The summed E-state index contributed by atoms with van der Waals surface area (Å²) in [6.07, 6.45) is 1.71. The first kappa shape index (κ1) is 14.6. The molecule has 3 heterocycles. The average Bonchev–Trinajstić information content (AvgIpc) is 3.03. The van der Waals surface area contributed by atoms with Gasteiger partial charge in [-0.25, -0.2) is 21.5 Å². The van der Waals surface area contributed by atoms with Gasteiger partial charge in [-0.05, 0) is 12.1 Å². The van der Waals surface area contributed by atoms with Crippen LogP contribution in [0.15, 0.2) is 30.5 Å². The van der Waals surface area contributed by atoms with Crippen LogP contribution >= 0.6 is 34.5 Å². The fourth-order valence-corrected chi connectivity index (χ4v) is 3.09. The van der Waals surface area contributed by atoms with Crippen molar-refractivity contribution in [1.29, 1.82) is 0 Å². The second kappa shape index (κ2) is 5.31. The van der Waals surface area contributed by atoms with E-state index in [-0.39, 0.29) is 5.52 Å². The Labute approximate surface area is 147 Å². The summed E-state index contributed by atoms with van der Waals surface area (Å²) in [4.78, 5) is 11.5. The van der Waals surface area contributed by atoms with Crippen LogP contribution in [0.4, 0.5) is 20.4 Å². The van der Waals surface area contributed by atoms with Gasteiger partial charge in [0.05, 0.1) is 39.6 Å². The lowest BCUT2D eigenvalue weighted by Gasteiger charge is -2.03. The molecule has 0 aliphatic heterocycles. The Hall–Kier alpha value is -1.94. The summed E-state index contributed by atoms with van der Waals surface area (Å²) in [5.74, 6) is -1.01. The number of imidazole rings is 1. The fourth-order valence-electron chi connectivity index (χ4n) is 2.34. The van der Waals surface area contributed by atoms with E-state index in [0.717, 1.165) is 11.6 Å². The van der Waals surface area contributed by atoms with Crippen LogP contribution in [-0.4, -0.2) is 17.7 Å². The largest absolute Gasteiger partial charge is 0.358 e. The van der Waals surface area contributed by atoms with Crippen molar-refractivity contribution >= 4 is 68.2 Å². The second-order valence-corrected chi connectivity index (χ2v) is 6.18. The molecular weight excluding hydrogens is 439 g/mol. The first-order valence-corrected chi connectivity index (χ1v) is 7.81. The van der Waals surface area contributed by atoms with Crippen molar-refractivity contribution in [2.24, 2.45) is 0 Å². The number of aromatic amines is 1. The molecule has 2 N–H and O–H groups in total. The molecule has 0 saturated heterocycles. The maximum Gasteiger partial charge on any atom is 0.217 e. The number of fused-ring (bicyclic) bond motifs is 2. The van der Waals surface area contributed by atoms with E-state index in [2.05, 4.69) is 20.3 Å². The van der Waals surface area contributed by atoms with Crippen LogP contribution in [0.1, 0.15) is 0 Å². The lowest BCUT2D eigenvalue weighted by Crippen LogP contribution is -1.95. The SMILES string of the molecule is Fc1cc(F)c2nc(Nc3c[nH]c4ccc(Cl)nc34)n(I)c2c1. The van der Waals surface area contributed by atoms with Crippen LogP contribution in [0.2, 0.25) is 5.15 Å². The standard InChI is InChI=1S/C14H7ClF2IN5/c15-11-2-1-8-13(21-11)9(5-19-8)20-14-22-12-7(17)3-6(16)4-10(12)23(14)18/h1-5,19H,(H,20,22). The summed E-state index contributed by atoms with van der Waals surface area (Å²) in [6, 6.07) is 5.52. The van der Waals surface area contributed by atoms with Gasteiger partial charge in [0.1, 0.15) is 22.0 Å². The third-order valence-electron chi connectivity index (χ3n) is 3.36. The van der Waals surface area contributed by atoms with Crippen LogP contribution in [0.5, 0.6) is 0 Å². The fraction of sp³-hybridized carbons (Fsp3) is 0. The minimum atomic E-state index is -0.710. The van der Waals surface area contributed by atoms with Gasteiger partial charge >= 0.3 is 0 Å². The maximum absolute atomic E-state index is 13.8. The molecule has 0 atom stereocenters. The third kappa shape index (κ3) is 2.41. The first-order valence-electron chi connectivity index (χ1n) is 6.47. The zero-order valence-electron chi connectivity index (χ0n) is 11.2. The number of benzene rings is 1. The molecule has 0 radical (unpaired) electrons. The maximum atomic E-state index is 13.8. The van der Waals surface area contributed by atoms with Crippen LogP contribution in [0.25, 0.3) is 22.1 Å². The predicted molar refractivity (Wildman–Crippen MR) is 93.5 cm³/mol. The van der Waals surface area contributed by atoms with E-state index in [1.165, 1.54) is 6.07 Å². The number of aromatic nitrogens is 4. The Kier molecular flexibility index (Phi) is 3.38. The number of hydrogen-bond acceptors (Lipinski definition) is 3. The number of nitrogens with zero attached hydrogens (tertiary/aromatic N) is 3. The first-order chi connectivity index (χ1) is 11.0. The number of pyridine rings is 1. The van der Waals surface area contributed by atoms with E-state index in [9.17, 15) is 8.78 Å². The van der Waals surface area contributed by atoms with E-state index in [0.29, 0.717) is 27.8 Å². The number of nitrogens with one attached hydrogen (secondary N) is 2. The molecule has 9 heteroatoms. The highest BCUT2D eigenvalue weighted by Gasteiger charge is 2.16. The Morgan fingerprint density at radius 3 is 2.83 bits per heavy atom. The van der Waals surface area contributed by atoms with Crippen molar-refractivity contribution in [3.8, 4) is 0 Å². The van der Waals surface area contributed by atoms with Crippen molar-refractivity contribution in [1.82, 2.24) is 17.7 Å². The monoisotopic (exact) mass is 445 g/mol. The van der Waals surface area contributed by atoms with E-state index >= 15 is 0 Å². The Bertz CT molecular complexity index is 1060. The van der Waals surface area contributed by atoms with E-state index in [1.807, 2.05) is 22.9 Å². The van der Waals surface area contributed by atoms with Gasteiger partial charge in [0, 0.05) is 18.3 Å². The Morgan fingerprint density at radius 2 is 2.00 bits per heavy atom. The molecule has 4 rings (SSSR count). The molecule has 0 aliphatic carbocycles. The van der Waals surface area contributed by atoms with E-state index < -0.39 is 11.6 Å². The summed E-state index contributed by atoms with van der Waals surface area (Å²) in [5, 5.41) is 3.42. The summed E-state index contributed by atoms with van der Waals surface area (Å²) in [5.41, 5.74) is 2.50. The van der Waals surface area contributed by atoms with Crippen LogP contribution in [-0.2, 0) is 0 Å². The molecule has 0 spiro atoms. The smallest absolute Gasteiger partial charge is 0.217 e. The quantitative estimate of drug-likeness (QED) is 0.345. The number of rotatable bonds is 2. The number of halogens is 4. The number of H-pyrrole nitrogens is 1. The summed E-state index contributed by atoms with van der Waals surface area (Å²) < 4.78 is 28.8. The third-order valence-corrected chi connectivity index (χ3v) is 4.55. The van der Waals surface area contributed by atoms with E-state index in [1.54, 1.807) is 21.1 Å².